The molecule has 3 nitrogen and oxygen atoms in total. The number of pyridine rings is 1. The number of rotatable bonds is 4. The lowest BCUT2D eigenvalue weighted by Gasteiger charge is -2.26. The second kappa shape index (κ2) is 5.97. The Bertz CT molecular complexity index is 296. The van der Waals surface area contributed by atoms with Gasteiger partial charge in [-0.05, 0) is 49.3 Å². The minimum Gasteiger partial charge on any atom is -0.381 e. The smallest absolute Gasteiger partial charge is 0.0468 e. The molecule has 3 heteroatoms. The van der Waals surface area contributed by atoms with E-state index in [4.69, 9.17) is 10.5 Å². The molecule has 1 fully saturated rings. The van der Waals surface area contributed by atoms with Gasteiger partial charge in [-0.3, -0.25) is 4.98 Å². The monoisotopic (exact) mass is 220 g/mol. The summed E-state index contributed by atoms with van der Waals surface area (Å²) in [7, 11) is 0. The van der Waals surface area contributed by atoms with Crippen molar-refractivity contribution in [3.63, 3.8) is 0 Å². The predicted molar refractivity (Wildman–Crippen MR) is 64.2 cm³/mol. The van der Waals surface area contributed by atoms with Crippen LogP contribution in [0.4, 0.5) is 0 Å². The van der Waals surface area contributed by atoms with Crippen molar-refractivity contribution in [2.75, 3.05) is 19.8 Å². The Morgan fingerprint density at radius 3 is 2.88 bits per heavy atom. The Balaban J connectivity index is 1.94. The summed E-state index contributed by atoms with van der Waals surface area (Å²) in [5, 5.41) is 0. The van der Waals surface area contributed by atoms with Gasteiger partial charge in [0.15, 0.2) is 0 Å². The molecule has 1 aliphatic rings. The van der Waals surface area contributed by atoms with Gasteiger partial charge < -0.3 is 10.5 Å². The van der Waals surface area contributed by atoms with Crippen molar-refractivity contribution in [3.8, 4) is 0 Å². The molecule has 1 aliphatic heterocycles. The van der Waals surface area contributed by atoms with Crippen LogP contribution < -0.4 is 5.73 Å². The normalized spacial score (nSPS) is 19.6. The van der Waals surface area contributed by atoms with Gasteiger partial charge in [-0.15, -0.1) is 0 Å². The molecule has 0 saturated carbocycles. The largest absolute Gasteiger partial charge is 0.381 e. The Labute approximate surface area is 97.0 Å². The number of nitrogens with two attached hydrogens (primary N) is 1. The number of ether oxygens (including phenoxy) is 1. The van der Waals surface area contributed by atoms with Gasteiger partial charge in [-0.2, -0.15) is 0 Å². The second-order valence-electron chi connectivity index (χ2n) is 4.51. The molecule has 0 aromatic carbocycles. The van der Waals surface area contributed by atoms with Crippen molar-refractivity contribution in [1.29, 1.82) is 0 Å². The van der Waals surface area contributed by atoms with Gasteiger partial charge in [-0.1, -0.05) is 6.07 Å². The SMILES string of the molecule is NCC(CC1CCOCC1)c1cccnc1. The van der Waals surface area contributed by atoms with E-state index in [1.54, 1.807) is 0 Å². The van der Waals surface area contributed by atoms with Crippen LogP contribution in [0.3, 0.4) is 0 Å². The fourth-order valence-electron chi connectivity index (χ4n) is 2.37. The third-order valence-corrected chi connectivity index (χ3v) is 3.40. The van der Waals surface area contributed by atoms with Crippen LogP contribution >= 0.6 is 0 Å². The topological polar surface area (TPSA) is 48.1 Å². The fraction of sp³-hybridized carbons (Fsp3) is 0.615. The maximum atomic E-state index is 5.86. The molecule has 1 unspecified atom stereocenters. The first-order chi connectivity index (χ1) is 7.90. The molecule has 0 bridgehead atoms. The Morgan fingerprint density at radius 1 is 1.44 bits per heavy atom. The summed E-state index contributed by atoms with van der Waals surface area (Å²) in [5.41, 5.74) is 7.14. The van der Waals surface area contributed by atoms with E-state index in [0.29, 0.717) is 12.5 Å². The van der Waals surface area contributed by atoms with E-state index >= 15 is 0 Å². The fourth-order valence-corrected chi connectivity index (χ4v) is 2.37. The van der Waals surface area contributed by atoms with Gasteiger partial charge in [0, 0.05) is 25.6 Å². The Kier molecular flexibility index (Phi) is 4.31. The molecule has 1 atom stereocenters. The van der Waals surface area contributed by atoms with Gasteiger partial charge in [-0.25, -0.2) is 0 Å². The third kappa shape index (κ3) is 3.03. The molecule has 88 valence electrons. The van der Waals surface area contributed by atoms with Gasteiger partial charge in [0.1, 0.15) is 0 Å². The Hall–Kier alpha value is -0.930. The lowest BCUT2D eigenvalue weighted by atomic mass is 9.86. The van der Waals surface area contributed by atoms with Crippen molar-refractivity contribution < 1.29 is 4.74 Å². The summed E-state index contributed by atoms with van der Waals surface area (Å²) >= 11 is 0. The van der Waals surface area contributed by atoms with Crippen molar-refractivity contribution in [2.45, 2.75) is 25.2 Å². The number of aromatic nitrogens is 1. The van der Waals surface area contributed by atoms with Crippen LogP contribution in [-0.4, -0.2) is 24.7 Å². The number of hydrogen-bond acceptors (Lipinski definition) is 3. The van der Waals surface area contributed by atoms with E-state index in [9.17, 15) is 0 Å². The summed E-state index contributed by atoms with van der Waals surface area (Å²) in [6.07, 6.45) is 7.28. The van der Waals surface area contributed by atoms with E-state index in [1.165, 1.54) is 24.8 Å². The van der Waals surface area contributed by atoms with Crippen molar-refractivity contribution >= 4 is 0 Å². The number of nitrogens with zero attached hydrogens (tertiary/aromatic N) is 1. The van der Waals surface area contributed by atoms with Crippen LogP contribution in [0.1, 0.15) is 30.7 Å². The minimum atomic E-state index is 0.455. The molecule has 16 heavy (non-hydrogen) atoms. The molecule has 1 aromatic rings. The van der Waals surface area contributed by atoms with Crippen LogP contribution in [0.5, 0.6) is 0 Å². The molecule has 0 aliphatic carbocycles. The third-order valence-electron chi connectivity index (χ3n) is 3.40. The average molecular weight is 220 g/mol. The lowest BCUT2D eigenvalue weighted by molar-refractivity contribution is 0.0619. The highest BCUT2D eigenvalue weighted by molar-refractivity contribution is 5.15. The van der Waals surface area contributed by atoms with Gasteiger partial charge in [0.2, 0.25) is 0 Å². The second-order valence-corrected chi connectivity index (χ2v) is 4.51. The summed E-state index contributed by atoms with van der Waals surface area (Å²) in [6, 6.07) is 4.12. The highest BCUT2D eigenvalue weighted by Crippen LogP contribution is 2.28. The summed E-state index contributed by atoms with van der Waals surface area (Å²) < 4.78 is 5.38. The molecule has 2 heterocycles. The first-order valence-corrected chi connectivity index (χ1v) is 6.08. The van der Waals surface area contributed by atoms with Gasteiger partial charge in [0.05, 0.1) is 0 Å². The summed E-state index contributed by atoms with van der Waals surface area (Å²) in [5.74, 6) is 1.22. The maximum absolute atomic E-state index is 5.86. The molecule has 2 N–H and O–H groups in total. The summed E-state index contributed by atoms with van der Waals surface area (Å²) in [6.45, 7) is 2.53. The first-order valence-electron chi connectivity index (χ1n) is 6.08. The zero-order chi connectivity index (χ0) is 11.2. The quantitative estimate of drug-likeness (QED) is 0.843. The molecular weight excluding hydrogens is 200 g/mol. The van der Waals surface area contributed by atoms with Gasteiger partial charge >= 0.3 is 0 Å². The van der Waals surface area contributed by atoms with Crippen molar-refractivity contribution in [1.82, 2.24) is 4.98 Å². The van der Waals surface area contributed by atoms with E-state index in [2.05, 4.69) is 11.1 Å². The summed E-state index contributed by atoms with van der Waals surface area (Å²) in [4.78, 5) is 4.17. The molecule has 0 amide bonds. The molecule has 0 radical (unpaired) electrons. The van der Waals surface area contributed by atoms with E-state index in [0.717, 1.165) is 19.1 Å². The highest BCUT2D eigenvalue weighted by atomic mass is 16.5. The van der Waals surface area contributed by atoms with E-state index in [1.807, 2.05) is 18.5 Å². The van der Waals surface area contributed by atoms with Crippen molar-refractivity contribution in [2.24, 2.45) is 11.7 Å². The minimum absolute atomic E-state index is 0.455. The van der Waals surface area contributed by atoms with Crippen LogP contribution in [-0.2, 0) is 4.74 Å². The molecule has 2 rings (SSSR count). The Morgan fingerprint density at radius 2 is 2.25 bits per heavy atom. The van der Waals surface area contributed by atoms with Crippen LogP contribution in [0.25, 0.3) is 0 Å². The highest BCUT2D eigenvalue weighted by Gasteiger charge is 2.19. The van der Waals surface area contributed by atoms with Crippen molar-refractivity contribution in [3.05, 3.63) is 30.1 Å². The van der Waals surface area contributed by atoms with E-state index in [-0.39, 0.29) is 0 Å². The van der Waals surface area contributed by atoms with Crippen LogP contribution in [0.2, 0.25) is 0 Å². The molecule has 1 aromatic heterocycles. The zero-order valence-electron chi connectivity index (χ0n) is 9.64. The van der Waals surface area contributed by atoms with Crippen LogP contribution in [0, 0.1) is 5.92 Å². The lowest BCUT2D eigenvalue weighted by Crippen LogP contribution is -2.21. The molecular formula is C13H20N2O. The average Bonchev–Trinajstić information content (AvgIpc) is 2.38. The first kappa shape index (κ1) is 11.6. The molecule has 0 spiro atoms. The van der Waals surface area contributed by atoms with Gasteiger partial charge in [0.25, 0.3) is 0 Å². The zero-order valence-corrected chi connectivity index (χ0v) is 9.64. The van der Waals surface area contributed by atoms with E-state index < -0.39 is 0 Å². The van der Waals surface area contributed by atoms with Crippen LogP contribution in [0.15, 0.2) is 24.5 Å². The standard InChI is InChI=1S/C13H20N2O/c14-9-13(12-2-1-5-15-10-12)8-11-3-6-16-7-4-11/h1-2,5,10-11,13H,3-4,6-9,14H2. The maximum Gasteiger partial charge on any atom is 0.0468 e. The number of hydrogen-bond donors (Lipinski definition) is 1. The predicted octanol–water partition coefficient (Wildman–Crippen LogP) is 1.94. The molecule has 1 saturated heterocycles.